The minimum Gasteiger partial charge on any atom is -0.461 e. The van der Waals surface area contributed by atoms with Gasteiger partial charge in [-0.05, 0) is 44.5 Å². The number of nitrogens with zero attached hydrogens (tertiary/aromatic N) is 4. The number of fused-ring (bicyclic) bond motifs is 2. The number of amides is 2. The van der Waals surface area contributed by atoms with Crippen LogP contribution in [-0.4, -0.2) is 43.4 Å². The average Bonchev–Trinajstić information content (AvgIpc) is 3.39. The molecule has 1 aliphatic heterocycles. The molecular weight excluding hydrogens is 408 g/mol. The molecule has 4 heterocycles. The number of benzene rings is 1. The van der Waals surface area contributed by atoms with E-state index in [0.717, 1.165) is 33.7 Å². The van der Waals surface area contributed by atoms with Crippen molar-refractivity contribution in [2.45, 2.75) is 33.4 Å². The molecule has 2 N–H and O–H groups in total. The van der Waals surface area contributed by atoms with E-state index < -0.39 is 0 Å². The highest BCUT2D eigenvalue weighted by molar-refractivity contribution is 5.98. The lowest BCUT2D eigenvalue weighted by Gasteiger charge is -2.27. The predicted octanol–water partition coefficient (Wildman–Crippen LogP) is 2.69. The van der Waals surface area contributed by atoms with Crippen molar-refractivity contribution in [2.24, 2.45) is 0 Å². The summed E-state index contributed by atoms with van der Waals surface area (Å²) in [4.78, 5) is 35.9. The Bertz CT molecular complexity index is 1320. The largest absolute Gasteiger partial charge is 0.461 e. The maximum absolute atomic E-state index is 13.1. The monoisotopic (exact) mass is 430 g/mol. The highest BCUT2D eigenvalue weighted by Crippen LogP contribution is 2.24. The Hall–Kier alpha value is -4.01. The molecule has 9 nitrogen and oxygen atoms in total. The summed E-state index contributed by atoms with van der Waals surface area (Å²) in [5.74, 6) is 0.477. The Labute approximate surface area is 183 Å². The van der Waals surface area contributed by atoms with E-state index in [4.69, 9.17) is 4.42 Å². The van der Waals surface area contributed by atoms with Gasteiger partial charge in [-0.25, -0.2) is 0 Å². The van der Waals surface area contributed by atoms with Gasteiger partial charge >= 0.3 is 0 Å². The van der Waals surface area contributed by atoms with Crippen LogP contribution in [0.25, 0.3) is 11.0 Å². The standard InChI is InChI=1S/C23H22N6O3/c1-13-9-25-17(10-24-13)11-26-22(30)21-18-5-6-29(12-19(18)27-28-21)23(31)15-3-4-20-16(8-15)7-14(2)32-20/h3-4,7-10H,5-6,11-12H2,1-2H3,(H,26,30)(H,27,28). The van der Waals surface area contributed by atoms with Gasteiger partial charge in [0.15, 0.2) is 5.69 Å². The zero-order valence-corrected chi connectivity index (χ0v) is 17.8. The number of furan rings is 1. The van der Waals surface area contributed by atoms with Gasteiger partial charge in [-0.15, -0.1) is 0 Å². The van der Waals surface area contributed by atoms with Crippen LogP contribution in [0.4, 0.5) is 0 Å². The average molecular weight is 430 g/mol. The highest BCUT2D eigenvalue weighted by Gasteiger charge is 2.28. The molecule has 0 bridgehead atoms. The molecule has 32 heavy (non-hydrogen) atoms. The number of carbonyl (C=O) groups excluding carboxylic acids is 2. The van der Waals surface area contributed by atoms with E-state index in [1.54, 1.807) is 23.4 Å². The van der Waals surface area contributed by atoms with Crippen LogP contribution in [0.5, 0.6) is 0 Å². The molecule has 4 aromatic rings. The normalized spacial score (nSPS) is 13.2. The summed E-state index contributed by atoms with van der Waals surface area (Å²) in [5, 5.41) is 10.9. The fraction of sp³-hybridized carbons (Fsp3) is 0.261. The van der Waals surface area contributed by atoms with Gasteiger partial charge in [0.05, 0.1) is 36.4 Å². The summed E-state index contributed by atoms with van der Waals surface area (Å²) >= 11 is 0. The number of rotatable bonds is 4. The summed E-state index contributed by atoms with van der Waals surface area (Å²) in [6.07, 6.45) is 3.86. The van der Waals surface area contributed by atoms with E-state index in [9.17, 15) is 9.59 Å². The molecule has 0 fully saturated rings. The number of hydrogen-bond donors (Lipinski definition) is 2. The van der Waals surface area contributed by atoms with Crippen LogP contribution in [0.15, 0.2) is 41.1 Å². The first-order valence-electron chi connectivity index (χ1n) is 10.4. The van der Waals surface area contributed by atoms with Crippen LogP contribution in [0.1, 0.15) is 49.3 Å². The quantitative estimate of drug-likeness (QED) is 0.514. The second kappa shape index (κ2) is 7.92. The van der Waals surface area contributed by atoms with Crippen molar-refractivity contribution in [1.82, 2.24) is 30.4 Å². The minimum absolute atomic E-state index is 0.0602. The number of carbonyl (C=O) groups is 2. The molecule has 1 aromatic carbocycles. The number of aromatic amines is 1. The minimum atomic E-state index is -0.273. The van der Waals surface area contributed by atoms with Crippen LogP contribution >= 0.6 is 0 Å². The van der Waals surface area contributed by atoms with Crippen molar-refractivity contribution in [3.8, 4) is 0 Å². The second-order valence-electron chi connectivity index (χ2n) is 7.95. The van der Waals surface area contributed by atoms with Gasteiger partial charge in [-0.3, -0.25) is 24.7 Å². The molecule has 0 radical (unpaired) electrons. The molecule has 0 aliphatic carbocycles. The van der Waals surface area contributed by atoms with Crippen LogP contribution in [0, 0.1) is 13.8 Å². The Kier molecular flexibility index (Phi) is 4.93. The van der Waals surface area contributed by atoms with E-state index in [2.05, 4.69) is 25.5 Å². The van der Waals surface area contributed by atoms with Crippen molar-refractivity contribution in [1.29, 1.82) is 0 Å². The molecule has 0 unspecified atom stereocenters. The van der Waals surface area contributed by atoms with Crippen LogP contribution in [0.3, 0.4) is 0 Å². The summed E-state index contributed by atoms with van der Waals surface area (Å²) in [5.41, 5.74) is 4.87. The van der Waals surface area contributed by atoms with Crippen LogP contribution < -0.4 is 5.32 Å². The molecule has 0 saturated heterocycles. The van der Waals surface area contributed by atoms with E-state index in [1.165, 1.54) is 0 Å². The third kappa shape index (κ3) is 3.73. The van der Waals surface area contributed by atoms with Gasteiger partial charge in [0.1, 0.15) is 11.3 Å². The van der Waals surface area contributed by atoms with E-state index in [-0.39, 0.29) is 18.4 Å². The molecule has 0 saturated carbocycles. The zero-order chi connectivity index (χ0) is 22.2. The van der Waals surface area contributed by atoms with E-state index >= 15 is 0 Å². The van der Waals surface area contributed by atoms with Crippen molar-refractivity contribution < 1.29 is 14.0 Å². The lowest BCUT2D eigenvalue weighted by Crippen LogP contribution is -2.36. The first-order valence-corrected chi connectivity index (χ1v) is 10.4. The molecule has 5 rings (SSSR count). The first-order chi connectivity index (χ1) is 15.5. The number of H-pyrrole nitrogens is 1. The van der Waals surface area contributed by atoms with Crippen molar-refractivity contribution in [3.63, 3.8) is 0 Å². The van der Waals surface area contributed by atoms with Gasteiger partial charge < -0.3 is 14.6 Å². The van der Waals surface area contributed by atoms with Crippen LogP contribution in [0.2, 0.25) is 0 Å². The zero-order valence-electron chi connectivity index (χ0n) is 17.8. The smallest absolute Gasteiger partial charge is 0.272 e. The predicted molar refractivity (Wildman–Crippen MR) is 116 cm³/mol. The SMILES string of the molecule is Cc1cnc(CNC(=O)c2n[nH]c3c2CCN(C(=O)c2ccc4oc(C)cc4c2)C3)cn1. The van der Waals surface area contributed by atoms with Gasteiger partial charge in [-0.2, -0.15) is 5.10 Å². The lowest BCUT2D eigenvalue weighted by atomic mass is 10.0. The first kappa shape index (κ1) is 19.9. The molecular formula is C23H22N6O3. The molecule has 0 atom stereocenters. The molecule has 162 valence electrons. The third-order valence-electron chi connectivity index (χ3n) is 5.59. The number of aryl methyl sites for hydroxylation is 2. The Balaban J connectivity index is 1.27. The Morgan fingerprint density at radius 3 is 2.88 bits per heavy atom. The van der Waals surface area contributed by atoms with Gasteiger partial charge in [0.2, 0.25) is 0 Å². The lowest BCUT2D eigenvalue weighted by molar-refractivity contribution is 0.0732. The molecule has 3 aromatic heterocycles. The van der Waals surface area contributed by atoms with Crippen molar-refractivity contribution >= 4 is 22.8 Å². The highest BCUT2D eigenvalue weighted by atomic mass is 16.3. The molecule has 0 spiro atoms. The van der Waals surface area contributed by atoms with Gasteiger partial charge in [0.25, 0.3) is 11.8 Å². The number of hydrogen-bond acceptors (Lipinski definition) is 6. The fourth-order valence-electron chi connectivity index (χ4n) is 3.94. The topological polar surface area (TPSA) is 117 Å². The summed E-state index contributed by atoms with van der Waals surface area (Å²) in [6.45, 7) is 4.90. The van der Waals surface area contributed by atoms with Crippen molar-refractivity contribution in [2.75, 3.05) is 6.54 Å². The fourth-order valence-corrected chi connectivity index (χ4v) is 3.94. The summed E-state index contributed by atoms with van der Waals surface area (Å²) < 4.78 is 5.59. The van der Waals surface area contributed by atoms with Crippen molar-refractivity contribution in [3.05, 3.63) is 76.3 Å². The second-order valence-corrected chi connectivity index (χ2v) is 7.95. The molecule has 2 amide bonds. The number of nitrogens with one attached hydrogen (secondary N) is 2. The molecule has 1 aliphatic rings. The molecule has 9 heteroatoms. The summed E-state index contributed by atoms with van der Waals surface area (Å²) in [6, 6.07) is 7.37. The maximum atomic E-state index is 13.1. The Morgan fingerprint density at radius 1 is 1.19 bits per heavy atom. The van der Waals surface area contributed by atoms with E-state index in [0.29, 0.717) is 36.5 Å². The van der Waals surface area contributed by atoms with E-state index in [1.807, 2.05) is 32.0 Å². The third-order valence-corrected chi connectivity index (χ3v) is 5.59. The Morgan fingerprint density at radius 2 is 2.06 bits per heavy atom. The van der Waals surface area contributed by atoms with Crippen LogP contribution in [-0.2, 0) is 19.5 Å². The maximum Gasteiger partial charge on any atom is 0.272 e. The van der Waals surface area contributed by atoms with Gasteiger partial charge in [0, 0.05) is 29.3 Å². The summed E-state index contributed by atoms with van der Waals surface area (Å²) in [7, 11) is 0. The van der Waals surface area contributed by atoms with Gasteiger partial charge in [-0.1, -0.05) is 0 Å². The number of aromatic nitrogens is 4.